The van der Waals surface area contributed by atoms with Gasteiger partial charge in [-0.2, -0.15) is 0 Å². The first-order chi connectivity index (χ1) is 9.08. The molecule has 5 heteroatoms. The van der Waals surface area contributed by atoms with Gasteiger partial charge >= 0.3 is 0 Å². The van der Waals surface area contributed by atoms with Crippen molar-refractivity contribution >= 4 is 11.7 Å². The minimum atomic E-state index is -0.0113. The Bertz CT molecular complexity index is 458. The summed E-state index contributed by atoms with van der Waals surface area (Å²) in [6, 6.07) is 7.80. The number of amidine groups is 1. The Balaban J connectivity index is 2.75. The number of nitrogens with zero attached hydrogens (tertiary/aromatic N) is 2. The third-order valence-corrected chi connectivity index (χ3v) is 2.93. The van der Waals surface area contributed by atoms with E-state index in [1.165, 1.54) is 0 Å². The van der Waals surface area contributed by atoms with Crippen molar-refractivity contribution in [3.8, 4) is 0 Å². The van der Waals surface area contributed by atoms with Crippen molar-refractivity contribution in [3.63, 3.8) is 0 Å². The summed E-state index contributed by atoms with van der Waals surface area (Å²) in [6.07, 6.45) is 1.17. The van der Waals surface area contributed by atoms with Crippen LogP contribution >= 0.6 is 0 Å². The van der Waals surface area contributed by atoms with Crippen molar-refractivity contribution in [2.75, 3.05) is 13.1 Å². The third-order valence-electron chi connectivity index (χ3n) is 2.93. The molecule has 0 aliphatic carbocycles. The number of aryl methyl sites for hydroxylation is 1. The summed E-state index contributed by atoms with van der Waals surface area (Å²) in [5.41, 5.74) is 7.57. The maximum atomic E-state index is 12.2. The average Bonchev–Trinajstić information content (AvgIpc) is 2.40. The molecule has 104 valence electrons. The topological polar surface area (TPSA) is 78.9 Å². The van der Waals surface area contributed by atoms with Crippen LogP contribution in [-0.4, -0.2) is 34.9 Å². The maximum Gasteiger partial charge on any atom is 0.227 e. The van der Waals surface area contributed by atoms with Crippen LogP contribution in [0.1, 0.15) is 24.5 Å². The number of carbonyl (C=O) groups is 1. The molecule has 0 spiro atoms. The van der Waals surface area contributed by atoms with Crippen LogP contribution in [0.25, 0.3) is 0 Å². The second-order valence-corrected chi connectivity index (χ2v) is 4.51. The molecule has 0 fully saturated rings. The highest BCUT2D eigenvalue weighted by molar-refractivity contribution is 5.87. The van der Waals surface area contributed by atoms with Gasteiger partial charge in [0, 0.05) is 6.54 Å². The number of carbonyl (C=O) groups excluding carboxylic acids is 1. The zero-order chi connectivity index (χ0) is 14.3. The summed E-state index contributed by atoms with van der Waals surface area (Å²) >= 11 is 0. The molecule has 1 aromatic rings. The molecule has 1 rings (SSSR count). The summed E-state index contributed by atoms with van der Waals surface area (Å²) < 4.78 is 0. The van der Waals surface area contributed by atoms with Crippen LogP contribution in [0.5, 0.6) is 0 Å². The lowest BCUT2D eigenvalue weighted by molar-refractivity contribution is -0.129. The number of oxime groups is 1. The minimum Gasteiger partial charge on any atom is -0.409 e. The fourth-order valence-electron chi connectivity index (χ4n) is 1.87. The van der Waals surface area contributed by atoms with Crippen LogP contribution in [0, 0.1) is 6.92 Å². The molecule has 0 radical (unpaired) electrons. The van der Waals surface area contributed by atoms with Gasteiger partial charge in [-0.15, -0.1) is 0 Å². The summed E-state index contributed by atoms with van der Waals surface area (Å²) in [4.78, 5) is 13.9. The monoisotopic (exact) mass is 263 g/mol. The Hall–Kier alpha value is -2.04. The smallest absolute Gasteiger partial charge is 0.227 e. The highest BCUT2D eigenvalue weighted by Gasteiger charge is 2.15. The van der Waals surface area contributed by atoms with Crippen LogP contribution in [0.2, 0.25) is 0 Å². The molecule has 0 atom stereocenters. The van der Waals surface area contributed by atoms with Gasteiger partial charge in [-0.05, 0) is 24.5 Å². The molecule has 0 aromatic heterocycles. The quantitative estimate of drug-likeness (QED) is 0.353. The zero-order valence-electron chi connectivity index (χ0n) is 11.5. The minimum absolute atomic E-state index is 0.0113. The van der Waals surface area contributed by atoms with E-state index in [1.807, 2.05) is 38.1 Å². The summed E-state index contributed by atoms with van der Waals surface area (Å²) in [5.74, 6) is 0.0364. The lowest BCUT2D eigenvalue weighted by atomic mass is 10.1. The van der Waals surface area contributed by atoms with Crippen molar-refractivity contribution in [1.29, 1.82) is 0 Å². The molecule has 0 unspecified atom stereocenters. The van der Waals surface area contributed by atoms with Crippen LogP contribution in [-0.2, 0) is 11.2 Å². The van der Waals surface area contributed by atoms with E-state index in [1.54, 1.807) is 4.90 Å². The molecule has 0 aliphatic heterocycles. The molecule has 0 aliphatic rings. The lowest BCUT2D eigenvalue weighted by Crippen LogP contribution is -2.40. The third kappa shape index (κ3) is 4.62. The van der Waals surface area contributed by atoms with E-state index in [0.29, 0.717) is 13.0 Å². The van der Waals surface area contributed by atoms with E-state index in [2.05, 4.69) is 5.16 Å². The van der Waals surface area contributed by atoms with Crippen molar-refractivity contribution in [2.24, 2.45) is 10.9 Å². The molecule has 19 heavy (non-hydrogen) atoms. The van der Waals surface area contributed by atoms with Crippen LogP contribution in [0.15, 0.2) is 29.4 Å². The molecule has 1 amide bonds. The van der Waals surface area contributed by atoms with Crippen LogP contribution < -0.4 is 5.73 Å². The van der Waals surface area contributed by atoms with Gasteiger partial charge in [-0.1, -0.05) is 36.3 Å². The van der Waals surface area contributed by atoms with Crippen molar-refractivity contribution in [3.05, 3.63) is 35.4 Å². The second kappa shape index (κ2) is 7.41. The van der Waals surface area contributed by atoms with Crippen molar-refractivity contribution in [1.82, 2.24) is 4.90 Å². The zero-order valence-corrected chi connectivity index (χ0v) is 11.5. The molecule has 0 bridgehead atoms. The molecule has 1 aromatic carbocycles. The molecule has 0 heterocycles. The predicted molar refractivity (Wildman–Crippen MR) is 75.2 cm³/mol. The molecule has 5 nitrogen and oxygen atoms in total. The summed E-state index contributed by atoms with van der Waals surface area (Å²) in [7, 11) is 0. The number of hydrogen-bond acceptors (Lipinski definition) is 3. The lowest BCUT2D eigenvalue weighted by Gasteiger charge is -2.21. The second-order valence-electron chi connectivity index (χ2n) is 4.51. The predicted octanol–water partition coefficient (Wildman–Crippen LogP) is 1.52. The van der Waals surface area contributed by atoms with Crippen LogP contribution in [0.4, 0.5) is 0 Å². The number of nitrogens with two attached hydrogens (primary N) is 1. The van der Waals surface area contributed by atoms with Gasteiger partial charge in [0.05, 0.1) is 13.0 Å². The highest BCUT2D eigenvalue weighted by atomic mass is 16.4. The van der Waals surface area contributed by atoms with E-state index >= 15 is 0 Å². The Morgan fingerprint density at radius 2 is 2.11 bits per heavy atom. The van der Waals surface area contributed by atoms with Crippen molar-refractivity contribution < 1.29 is 10.0 Å². The summed E-state index contributed by atoms with van der Waals surface area (Å²) in [6.45, 7) is 4.73. The van der Waals surface area contributed by atoms with Crippen molar-refractivity contribution in [2.45, 2.75) is 26.7 Å². The first-order valence-corrected chi connectivity index (χ1v) is 6.37. The van der Waals surface area contributed by atoms with Gasteiger partial charge in [0.1, 0.15) is 0 Å². The van der Waals surface area contributed by atoms with Gasteiger partial charge < -0.3 is 15.8 Å². The molecule has 3 N–H and O–H groups in total. The largest absolute Gasteiger partial charge is 0.409 e. The van der Waals surface area contributed by atoms with E-state index in [4.69, 9.17) is 10.9 Å². The standard InChI is InChI=1S/C14H21N3O2/c1-3-8-17(10-13(15)16-19)14(18)9-12-7-5-4-6-11(12)2/h4-7,19H,3,8-10H2,1-2H3,(H2,15,16). The van der Waals surface area contributed by atoms with E-state index in [9.17, 15) is 4.79 Å². The highest BCUT2D eigenvalue weighted by Crippen LogP contribution is 2.09. The van der Waals surface area contributed by atoms with Gasteiger partial charge in [0.25, 0.3) is 0 Å². The number of hydrogen-bond donors (Lipinski definition) is 2. The van der Waals surface area contributed by atoms with Crippen LogP contribution in [0.3, 0.4) is 0 Å². The normalized spacial score (nSPS) is 11.4. The first-order valence-electron chi connectivity index (χ1n) is 6.37. The fourth-order valence-corrected chi connectivity index (χ4v) is 1.87. The molecular formula is C14H21N3O2. The molecular weight excluding hydrogens is 242 g/mol. The van der Waals surface area contributed by atoms with Gasteiger partial charge in [0.2, 0.25) is 5.91 Å². The van der Waals surface area contributed by atoms with Gasteiger partial charge in [0.15, 0.2) is 5.84 Å². The van der Waals surface area contributed by atoms with Gasteiger partial charge in [-0.3, -0.25) is 4.79 Å². The molecule has 0 saturated carbocycles. The van der Waals surface area contributed by atoms with E-state index in [0.717, 1.165) is 17.5 Å². The Morgan fingerprint density at radius 3 is 2.68 bits per heavy atom. The number of benzene rings is 1. The summed E-state index contributed by atoms with van der Waals surface area (Å²) in [5, 5.41) is 11.5. The fraction of sp³-hybridized carbons (Fsp3) is 0.429. The molecule has 0 saturated heterocycles. The van der Waals surface area contributed by atoms with Gasteiger partial charge in [-0.25, -0.2) is 0 Å². The van der Waals surface area contributed by atoms with E-state index < -0.39 is 0 Å². The number of amides is 1. The van der Waals surface area contributed by atoms with E-state index in [-0.39, 0.29) is 18.3 Å². The SMILES string of the molecule is CCCN(CC(N)=NO)C(=O)Cc1ccccc1C. The average molecular weight is 263 g/mol. The number of rotatable bonds is 6. The Labute approximate surface area is 113 Å². The Morgan fingerprint density at radius 1 is 1.42 bits per heavy atom. The Kier molecular flexibility index (Phi) is 5.85. The first kappa shape index (κ1) is 15.0. The maximum absolute atomic E-state index is 12.2.